The van der Waals surface area contributed by atoms with Crippen LogP contribution in [0.3, 0.4) is 0 Å². The van der Waals surface area contributed by atoms with E-state index in [4.69, 9.17) is 5.73 Å². The van der Waals surface area contributed by atoms with Gasteiger partial charge < -0.3 is 5.73 Å². The second-order valence-corrected chi connectivity index (χ2v) is 6.42. The van der Waals surface area contributed by atoms with Gasteiger partial charge in [-0.3, -0.25) is 0 Å². The minimum absolute atomic E-state index is 0.170. The van der Waals surface area contributed by atoms with Gasteiger partial charge in [0.25, 0.3) is 5.95 Å². The number of hydrogen-bond donors (Lipinski definition) is 1. The zero-order valence-electron chi connectivity index (χ0n) is 10.7. The molecular formula is C12H16IN5. The topological polar surface area (TPSA) is 69.6 Å². The summed E-state index contributed by atoms with van der Waals surface area (Å²) in [5.41, 5.74) is 7.23. The van der Waals surface area contributed by atoms with E-state index in [0.29, 0.717) is 11.8 Å². The molecule has 2 rings (SSSR count). The number of aromatic nitrogens is 4. The molecule has 0 aromatic carbocycles. The highest BCUT2D eigenvalue weighted by Crippen LogP contribution is 2.27. The highest BCUT2D eigenvalue weighted by Gasteiger charge is 2.20. The molecule has 0 unspecified atom stereocenters. The van der Waals surface area contributed by atoms with Crippen LogP contribution >= 0.6 is 22.6 Å². The van der Waals surface area contributed by atoms with Crippen LogP contribution in [0.25, 0.3) is 5.95 Å². The lowest BCUT2D eigenvalue weighted by molar-refractivity contribution is 0.404. The fourth-order valence-corrected chi connectivity index (χ4v) is 2.15. The van der Waals surface area contributed by atoms with E-state index in [1.54, 1.807) is 23.1 Å². The van der Waals surface area contributed by atoms with Gasteiger partial charge >= 0.3 is 0 Å². The van der Waals surface area contributed by atoms with E-state index >= 15 is 0 Å². The van der Waals surface area contributed by atoms with E-state index in [-0.39, 0.29) is 5.41 Å². The number of hydrogen-bond acceptors (Lipinski definition) is 4. The summed E-state index contributed by atoms with van der Waals surface area (Å²) in [6, 6.07) is 1.77. The van der Waals surface area contributed by atoms with Crippen LogP contribution in [0, 0.1) is 8.99 Å². The molecule has 96 valence electrons. The monoisotopic (exact) mass is 357 g/mol. The second kappa shape index (κ2) is 4.83. The van der Waals surface area contributed by atoms with Crippen LogP contribution in [-0.4, -0.2) is 19.7 Å². The summed E-state index contributed by atoms with van der Waals surface area (Å²) in [5.74, 6) is 1.11. The maximum atomic E-state index is 6.07. The first-order valence-corrected chi connectivity index (χ1v) is 6.76. The molecule has 0 radical (unpaired) electrons. The standard InChI is InChI=1S/C12H16IN5/c1-12(2,3)7-8-9(13)10(14)18(17-8)11-15-5-4-6-16-11/h4-6H,7,14H2,1-3H3. The molecule has 0 aliphatic rings. The van der Waals surface area contributed by atoms with Crippen LogP contribution in [0.5, 0.6) is 0 Å². The molecule has 2 aromatic heterocycles. The molecule has 2 aromatic rings. The minimum Gasteiger partial charge on any atom is -0.383 e. The van der Waals surface area contributed by atoms with Crippen LogP contribution in [0.2, 0.25) is 0 Å². The van der Waals surface area contributed by atoms with Gasteiger partial charge in [-0.2, -0.15) is 9.78 Å². The summed E-state index contributed by atoms with van der Waals surface area (Å²) in [7, 11) is 0. The average molecular weight is 357 g/mol. The van der Waals surface area contributed by atoms with Crippen molar-refractivity contribution in [3.05, 3.63) is 27.7 Å². The highest BCUT2D eigenvalue weighted by molar-refractivity contribution is 14.1. The van der Waals surface area contributed by atoms with Crippen molar-refractivity contribution in [3.63, 3.8) is 0 Å². The van der Waals surface area contributed by atoms with Crippen LogP contribution in [0.15, 0.2) is 18.5 Å². The number of rotatable bonds is 2. The molecule has 2 heterocycles. The maximum Gasteiger partial charge on any atom is 0.252 e. The Morgan fingerprint density at radius 2 is 1.89 bits per heavy atom. The van der Waals surface area contributed by atoms with Gasteiger partial charge in [-0.1, -0.05) is 20.8 Å². The van der Waals surface area contributed by atoms with Crippen LogP contribution in [0.4, 0.5) is 5.82 Å². The Bertz CT molecular complexity index is 542. The molecule has 2 N–H and O–H groups in total. The Hall–Kier alpha value is -1.18. The fraction of sp³-hybridized carbons (Fsp3) is 0.417. The summed E-state index contributed by atoms with van der Waals surface area (Å²) >= 11 is 2.23. The zero-order valence-corrected chi connectivity index (χ0v) is 12.8. The Labute approximate surface area is 120 Å². The van der Waals surface area contributed by atoms with Gasteiger partial charge in [0.15, 0.2) is 0 Å². The molecule has 0 bridgehead atoms. The van der Waals surface area contributed by atoms with Gasteiger partial charge in [0.2, 0.25) is 0 Å². The molecule has 0 saturated carbocycles. The molecule has 0 fully saturated rings. The van der Waals surface area contributed by atoms with Gasteiger partial charge in [-0.25, -0.2) is 9.97 Å². The first-order valence-electron chi connectivity index (χ1n) is 5.69. The second-order valence-electron chi connectivity index (χ2n) is 5.34. The first-order chi connectivity index (χ1) is 8.38. The molecule has 0 atom stereocenters. The third kappa shape index (κ3) is 2.80. The van der Waals surface area contributed by atoms with E-state index in [0.717, 1.165) is 15.7 Å². The number of nitrogens with zero attached hydrogens (tertiary/aromatic N) is 4. The fourth-order valence-electron chi connectivity index (χ4n) is 1.63. The molecule has 0 aliphatic carbocycles. The van der Waals surface area contributed by atoms with Gasteiger partial charge in [-0.05, 0) is 40.5 Å². The third-order valence-electron chi connectivity index (χ3n) is 2.37. The number of halogens is 1. The third-order valence-corrected chi connectivity index (χ3v) is 3.54. The summed E-state index contributed by atoms with van der Waals surface area (Å²) in [6.45, 7) is 6.53. The number of anilines is 1. The van der Waals surface area contributed by atoms with E-state index in [1.165, 1.54) is 0 Å². The molecule has 0 aliphatic heterocycles. The summed E-state index contributed by atoms with van der Waals surface area (Å²) in [6.07, 6.45) is 4.23. The molecule has 5 nitrogen and oxygen atoms in total. The van der Waals surface area contributed by atoms with Crippen LogP contribution < -0.4 is 5.73 Å². The van der Waals surface area contributed by atoms with Crippen molar-refractivity contribution in [1.29, 1.82) is 0 Å². The molecule has 0 saturated heterocycles. The predicted molar refractivity (Wildman–Crippen MR) is 79.4 cm³/mol. The van der Waals surface area contributed by atoms with Gasteiger partial charge in [-0.15, -0.1) is 0 Å². The summed E-state index contributed by atoms with van der Waals surface area (Å²) in [5, 5.41) is 4.52. The minimum atomic E-state index is 0.170. The van der Waals surface area contributed by atoms with Crippen molar-refractivity contribution in [3.8, 4) is 5.95 Å². The molecule has 6 heteroatoms. The van der Waals surface area contributed by atoms with Crippen LogP contribution in [0.1, 0.15) is 26.5 Å². The molecular weight excluding hydrogens is 341 g/mol. The van der Waals surface area contributed by atoms with Crippen molar-refractivity contribution in [1.82, 2.24) is 19.7 Å². The summed E-state index contributed by atoms with van der Waals surface area (Å²) in [4.78, 5) is 8.33. The SMILES string of the molecule is CC(C)(C)Cc1nn(-c2ncccn2)c(N)c1I. The van der Waals surface area contributed by atoms with Crippen molar-refractivity contribution in [2.45, 2.75) is 27.2 Å². The highest BCUT2D eigenvalue weighted by atomic mass is 127. The van der Waals surface area contributed by atoms with E-state index in [9.17, 15) is 0 Å². The van der Waals surface area contributed by atoms with Crippen LogP contribution in [-0.2, 0) is 6.42 Å². The summed E-state index contributed by atoms with van der Waals surface area (Å²) < 4.78 is 2.58. The largest absolute Gasteiger partial charge is 0.383 e. The van der Waals surface area contributed by atoms with Gasteiger partial charge in [0, 0.05) is 12.4 Å². The predicted octanol–water partition coefficient (Wildman–Crippen LogP) is 2.44. The van der Waals surface area contributed by atoms with E-state index < -0.39 is 0 Å². The Kier molecular flexibility index (Phi) is 3.56. The Morgan fingerprint density at radius 1 is 1.28 bits per heavy atom. The van der Waals surface area contributed by atoms with Crippen molar-refractivity contribution >= 4 is 28.4 Å². The molecule has 18 heavy (non-hydrogen) atoms. The number of nitrogens with two attached hydrogens (primary N) is 1. The zero-order chi connectivity index (χ0) is 13.3. The molecule has 0 spiro atoms. The van der Waals surface area contributed by atoms with Crippen molar-refractivity contribution in [2.24, 2.45) is 5.41 Å². The lowest BCUT2D eigenvalue weighted by atomic mass is 9.91. The van der Waals surface area contributed by atoms with E-state index in [1.807, 2.05) is 0 Å². The van der Waals surface area contributed by atoms with Crippen molar-refractivity contribution < 1.29 is 0 Å². The van der Waals surface area contributed by atoms with Gasteiger partial charge in [0.1, 0.15) is 5.82 Å². The Balaban J connectivity index is 2.43. The smallest absolute Gasteiger partial charge is 0.252 e. The normalized spacial score (nSPS) is 11.8. The Morgan fingerprint density at radius 3 is 2.44 bits per heavy atom. The first kappa shape index (κ1) is 13.3. The quantitative estimate of drug-likeness (QED) is 0.839. The maximum absolute atomic E-state index is 6.07. The number of nitrogen functional groups attached to an aromatic ring is 1. The van der Waals surface area contributed by atoms with Crippen molar-refractivity contribution in [2.75, 3.05) is 5.73 Å². The molecule has 0 amide bonds. The van der Waals surface area contributed by atoms with Gasteiger partial charge in [0.05, 0.1) is 9.26 Å². The lowest BCUT2D eigenvalue weighted by Gasteiger charge is -2.16. The van der Waals surface area contributed by atoms with E-state index in [2.05, 4.69) is 58.4 Å². The average Bonchev–Trinajstić information content (AvgIpc) is 2.57. The lowest BCUT2D eigenvalue weighted by Crippen LogP contribution is -2.11.